The molecule has 0 spiro atoms. The van der Waals surface area contributed by atoms with Crippen LogP contribution in [0.3, 0.4) is 0 Å². The van der Waals surface area contributed by atoms with Crippen molar-refractivity contribution >= 4 is 28.8 Å². The first-order chi connectivity index (χ1) is 5.12. The second kappa shape index (κ2) is 3.47. The van der Waals surface area contributed by atoms with Crippen molar-refractivity contribution < 1.29 is 4.52 Å². The summed E-state index contributed by atoms with van der Waals surface area (Å²) in [6, 6.07) is 0. The zero-order valence-corrected chi connectivity index (χ0v) is 9.01. The Balaban J connectivity index is 2.75. The maximum Gasteiger partial charge on any atom is 0.189 e. The molecular weight excluding hydrogens is 197 g/mol. The van der Waals surface area contributed by atoms with E-state index in [1.54, 1.807) is 11.4 Å². The van der Waals surface area contributed by atoms with Crippen LogP contribution < -0.4 is 0 Å². The number of rotatable bonds is 1. The Kier molecular flexibility index (Phi) is 3.02. The van der Waals surface area contributed by atoms with E-state index in [2.05, 4.69) is 10.6 Å². The molecule has 2 nitrogen and oxygen atoms in total. The summed E-state index contributed by atoms with van der Waals surface area (Å²) in [5.41, 5.74) is -1.77. The van der Waals surface area contributed by atoms with Gasteiger partial charge in [-0.15, -0.1) is 6.42 Å². The van der Waals surface area contributed by atoms with E-state index >= 15 is 0 Å². The van der Waals surface area contributed by atoms with Crippen LogP contribution in [0.1, 0.15) is 0 Å². The van der Waals surface area contributed by atoms with E-state index in [1.165, 1.54) is 0 Å². The highest BCUT2D eigenvalue weighted by Gasteiger charge is 2.34. The van der Waals surface area contributed by atoms with Crippen molar-refractivity contribution in [2.24, 2.45) is 0 Å². The van der Waals surface area contributed by atoms with Gasteiger partial charge in [-0.25, -0.2) is 4.67 Å². The van der Waals surface area contributed by atoms with Crippen LogP contribution in [0.4, 0.5) is 0 Å². The SMILES string of the molecule is C#CC1CN(C)P(=S)(SC)O1. The lowest BCUT2D eigenvalue weighted by molar-refractivity contribution is 0.326. The van der Waals surface area contributed by atoms with Crippen molar-refractivity contribution in [3.05, 3.63) is 0 Å². The second-order valence-corrected chi connectivity index (χ2v) is 9.21. The molecule has 0 aliphatic carbocycles. The van der Waals surface area contributed by atoms with Crippen LogP contribution in [0.25, 0.3) is 0 Å². The van der Waals surface area contributed by atoms with Crippen LogP contribution >= 0.6 is 17.0 Å². The molecular formula is C6H10NOPS2. The largest absolute Gasteiger partial charge is 0.313 e. The minimum absolute atomic E-state index is 0.0988. The van der Waals surface area contributed by atoms with Crippen molar-refractivity contribution in [2.45, 2.75) is 6.10 Å². The number of hydrogen-bond donors (Lipinski definition) is 0. The van der Waals surface area contributed by atoms with Gasteiger partial charge in [-0.1, -0.05) is 17.3 Å². The van der Waals surface area contributed by atoms with Gasteiger partial charge in [0.1, 0.15) is 6.10 Å². The van der Waals surface area contributed by atoms with Crippen LogP contribution in [-0.4, -0.2) is 30.6 Å². The molecule has 5 heteroatoms. The van der Waals surface area contributed by atoms with Gasteiger partial charge in [-0.05, 0) is 25.1 Å². The molecule has 0 N–H and O–H groups in total. The molecule has 1 heterocycles. The molecule has 0 saturated carbocycles. The highest BCUT2D eigenvalue weighted by molar-refractivity contribution is 8.68. The summed E-state index contributed by atoms with van der Waals surface area (Å²) in [7, 11) is 1.97. The van der Waals surface area contributed by atoms with Gasteiger partial charge in [0, 0.05) is 6.54 Å². The molecule has 0 aromatic rings. The standard InChI is InChI=1S/C6H10NOPS2/c1-4-6-5-7(2)9(10,8-6)11-3/h1,6H,5H2,2-3H3. The van der Waals surface area contributed by atoms with Crippen LogP contribution in [0.2, 0.25) is 0 Å². The third kappa shape index (κ3) is 1.80. The van der Waals surface area contributed by atoms with Crippen molar-refractivity contribution in [3.63, 3.8) is 0 Å². The van der Waals surface area contributed by atoms with Crippen LogP contribution in [-0.2, 0) is 16.3 Å². The van der Waals surface area contributed by atoms with Gasteiger partial charge >= 0.3 is 0 Å². The Labute approximate surface area is 76.6 Å². The normalized spacial score (nSPS) is 38.8. The van der Waals surface area contributed by atoms with Gasteiger partial charge in [0.05, 0.1) is 0 Å². The van der Waals surface area contributed by atoms with Gasteiger partial charge in [0.2, 0.25) is 0 Å². The molecule has 0 bridgehead atoms. The molecule has 11 heavy (non-hydrogen) atoms. The smallest absolute Gasteiger partial charge is 0.189 e. The lowest BCUT2D eigenvalue weighted by Gasteiger charge is -2.18. The van der Waals surface area contributed by atoms with Crippen LogP contribution in [0, 0.1) is 12.3 Å². The summed E-state index contributed by atoms with van der Waals surface area (Å²) in [6.45, 7) is 0.772. The maximum atomic E-state index is 5.54. The lowest BCUT2D eigenvalue weighted by Crippen LogP contribution is -2.13. The quantitative estimate of drug-likeness (QED) is 0.477. The third-order valence-electron chi connectivity index (χ3n) is 1.53. The first kappa shape index (κ1) is 9.57. The highest BCUT2D eigenvalue weighted by Crippen LogP contribution is 2.64. The van der Waals surface area contributed by atoms with Gasteiger partial charge < -0.3 is 4.52 Å². The number of nitrogens with zero attached hydrogens (tertiary/aromatic N) is 1. The highest BCUT2D eigenvalue weighted by atomic mass is 32.9. The van der Waals surface area contributed by atoms with E-state index in [9.17, 15) is 0 Å². The van der Waals surface area contributed by atoms with Gasteiger partial charge in [0.25, 0.3) is 0 Å². The molecule has 0 radical (unpaired) electrons. The summed E-state index contributed by atoms with van der Waals surface area (Å²) in [5.74, 6) is 2.57. The third-order valence-corrected chi connectivity index (χ3v) is 8.42. The first-order valence-electron chi connectivity index (χ1n) is 3.14. The molecule has 0 amide bonds. The fourth-order valence-electron chi connectivity index (χ4n) is 0.880. The Bertz CT molecular complexity index is 237. The fourth-order valence-corrected chi connectivity index (χ4v) is 4.32. The summed E-state index contributed by atoms with van der Waals surface area (Å²) in [5, 5.41) is 0. The average Bonchev–Trinajstić information content (AvgIpc) is 2.29. The summed E-state index contributed by atoms with van der Waals surface area (Å²) in [4.78, 5) is 0. The summed E-state index contributed by atoms with van der Waals surface area (Å²) < 4.78 is 7.59. The number of likely N-dealkylation sites (N-methyl/N-ethyl adjacent to an activating group) is 1. The molecule has 2 unspecified atom stereocenters. The lowest BCUT2D eigenvalue weighted by atomic mass is 10.4. The van der Waals surface area contributed by atoms with E-state index in [-0.39, 0.29) is 6.10 Å². The van der Waals surface area contributed by atoms with Crippen molar-refractivity contribution in [3.8, 4) is 12.3 Å². The predicted octanol–water partition coefficient (Wildman–Crippen LogP) is 1.54. The van der Waals surface area contributed by atoms with Gasteiger partial charge in [0.15, 0.2) is 5.62 Å². The van der Waals surface area contributed by atoms with E-state index in [0.717, 1.165) is 6.54 Å². The number of hydrogen-bond acceptors (Lipinski definition) is 3. The van der Waals surface area contributed by atoms with Crippen molar-refractivity contribution in [1.82, 2.24) is 4.67 Å². The topological polar surface area (TPSA) is 12.5 Å². The zero-order valence-electron chi connectivity index (χ0n) is 6.48. The molecule has 2 atom stereocenters. The Morgan fingerprint density at radius 2 is 2.55 bits per heavy atom. The first-order valence-corrected chi connectivity index (χ1v) is 7.64. The van der Waals surface area contributed by atoms with Crippen molar-refractivity contribution in [1.29, 1.82) is 0 Å². The monoisotopic (exact) mass is 207 g/mol. The molecule has 1 saturated heterocycles. The predicted molar refractivity (Wildman–Crippen MR) is 54.1 cm³/mol. The second-order valence-electron chi connectivity index (χ2n) is 2.25. The summed E-state index contributed by atoms with van der Waals surface area (Å²) >= 11 is 6.91. The fraction of sp³-hybridized carbons (Fsp3) is 0.667. The molecule has 0 aromatic heterocycles. The Morgan fingerprint density at radius 3 is 2.82 bits per heavy atom. The van der Waals surface area contributed by atoms with E-state index < -0.39 is 5.62 Å². The maximum absolute atomic E-state index is 5.54. The van der Waals surface area contributed by atoms with Crippen molar-refractivity contribution in [2.75, 3.05) is 19.8 Å². The Morgan fingerprint density at radius 1 is 1.91 bits per heavy atom. The molecule has 1 fully saturated rings. The van der Waals surface area contributed by atoms with E-state index in [4.69, 9.17) is 22.8 Å². The minimum Gasteiger partial charge on any atom is -0.313 e. The molecule has 1 aliphatic heterocycles. The molecule has 0 aromatic carbocycles. The number of terminal acetylenes is 1. The molecule has 1 rings (SSSR count). The van der Waals surface area contributed by atoms with E-state index in [0.29, 0.717) is 0 Å². The van der Waals surface area contributed by atoms with Gasteiger partial charge in [-0.3, -0.25) is 0 Å². The van der Waals surface area contributed by atoms with Crippen LogP contribution in [0.15, 0.2) is 0 Å². The zero-order chi connectivity index (χ0) is 8.48. The Hall–Kier alpha value is 0.480. The molecule has 62 valence electrons. The summed E-state index contributed by atoms with van der Waals surface area (Å²) in [6.07, 6.45) is 7.10. The van der Waals surface area contributed by atoms with E-state index in [1.807, 2.05) is 13.3 Å². The van der Waals surface area contributed by atoms with Gasteiger partial charge in [-0.2, -0.15) is 0 Å². The average molecular weight is 207 g/mol. The minimum atomic E-state index is -1.77. The molecule has 1 aliphatic rings. The van der Waals surface area contributed by atoms with Crippen LogP contribution in [0.5, 0.6) is 0 Å².